The zero-order chi connectivity index (χ0) is 9.54. The van der Waals surface area contributed by atoms with Gasteiger partial charge < -0.3 is 5.32 Å². The van der Waals surface area contributed by atoms with Crippen LogP contribution in [0.5, 0.6) is 0 Å². The smallest absolute Gasteiger partial charge is 0.153 e. The Balaban J connectivity index is 1.85. The second-order valence-electron chi connectivity index (χ2n) is 3.68. The van der Waals surface area contributed by atoms with Gasteiger partial charge in [-0.25, -0.2) is 4.68 Å². The Kier molecular flexibility index (Phi) is 1.42. The molecule has 1 aromatic heterocycles. The van der Waals surface area contributed by atoms with Crippen LogP contribution in [-0.4, -0.2) is 9.78 Å². The minimum atomic E-state index is 0.850. The van der Waals surface area contributed by atoms with Gasteiger partial charge in [0, 0.05) is 0 Å². The van der Waals surface area contributed by atoms with Crippen molar-refractivity contribution in [1.29, 1.82) is 0 Å². The van der Waals surface area contributed by atoms with E-state index in [0.717, 1.165) is 18.1 Å². The fraction of sp³-hybridized carbons (Fsp3) is 0.182. The summed E-state index contributed by atoms with van der Waals surface area (Å²) in [6.45, 7) is 2.95. The Hall–Kier alpha value is -1.77. The molecule has 70 valence electrons. The standard InChI is InChI=1S/C11H11N3/c1-8-2-4-9(5-3-8)7-14-11-10(13-11)6-12-14/h2-6,13H,7H2,1H3. The molecule has 0 amide bonds. The largest absolute Gasteiger partial charge is 0.334 e. The van der Waals surface area contributed by atoms with Gasteiger partial charge in [0.25, 0.3) is 0 Å². The molecule has 2 heterocycles. The maximum atomic E-state index is 4.26. The van der Waals surface area contributed by atoms with Crippen molar-refractivity contribution in [3.05, 3.63) is 41.6 Å². The molecule has 1 aliphatic rings. The molecule has 3 nitrogen and oxygen atoms in total. The molecule has 0 saturated carbocycles. The zero-order valence-electron chi connectivity index (χ0n) is 7.99. The van der Waals surface area contributed by atoms with Crippen molar-refractivity contribution in [3.8, 4) is 0 Å². The molecule has 0 fully saturated rings. The van der Waals surface area contributed by atoms with Gasteiger partial charge in [0.05, 0.1) is 12.7 Å². The normalized spacial score (nSPS) is 12.1. The van der Waals surface area contributed by atoms with Gasteiger partial charge >= 0.3 is 0 Å². The molecule has 0 radical (unpaired) electrons. The Morgan fingerprint density at radius 2 is 2.07 bits per heavy atom. The van der Waals surface area contributed by atoms with Crippen LogP contribution in [0.1, 0.15) is 11.1 Å². The van der Waals surface area contributed by atoms with Crippen molar-refractivity contribution in [2.24, 2.45) is 0 Å². The topological polar surface area (TPSA) is 39.8 Å². The van der Waals surface area contributed by atoms with Gasteiger partial charge in [-0.2, -0.15) is 5.10 Å². The number of hydrogen-bond acceptors (Lipinski definition) is 2. The molecular weight excluding hydrogens is 174 g/mol. The van der Waals surface area contributed by atoms with E-state index in [1.54, 1.807) is 0 Å². The van der Waals surface area contributed by atoms with E-state index in [1.807, 2.05) is 10.9 Å². The lowest BCUT2D eigenvalue weighted by atomic mass is 10.1. The van der Waals surface area contributed by atoms with Gasteiger partial charge in [-0.15, -0.1) is 0 Å². The molecule has 1 aliphatic heterocycles. The molecule has 1 N–H and O–H groups in total. The number of fused-ring (bicyclic) bond motifs is 1. The maximum Gasteiger partial charge on any atom is 0.153 e. The lowest BCUT2D eigenvalue weighted by Crippen LogP contribution is -2.01. The van der Waals surface area contributed by atoms with Crippen molar-refractivity contribution in [1.82, 2.24) is 9.78 Å². The van der Waals surface area contributed by atoms with E-state index in [9.17, 15) is 0 Å². The first-order valence-corrected chi connectivity index (χ1v) is 4.71. The zero-order valence-corrected chi connectivity index (χ0v) is 7.99. The first-order valence-electron chi connectivity index (χ1n) is 4.71. The molecule has 0 aliphatic carbocycles. The summed E-state index contributed by atoms with van der Waals surface area (Å²) < 4.78 is 1.99. The van der Waals surface area contributed by atoms with E-state index >= 15 is 0 Å². The highest BCUT2D eigenvalue weighted by Gasteiger charge is 2.22. The summed E-state index contributed by atoms with van der Waals surface area (Å²) in [4.78, 5) is 0. The van der Waals surface area contributed by atoms with E-state index < -0.39 is 0 Å². The third-order valence-electron chi connectivity index (χ3n) is 2.48. The average molecular weight is 185 g/mol. The van der Waals surface area contributed by atoms with Gasteiger partial charge in [0.2, 0.25) is 0 Å². The van der Waals surface area contributed by atoms with E-state index in [1.165, 1.54) is 11.1 Å². The lowest BCUT2D eigenvalue weighted by Gasteiger charge is -2.02. The maximum absolute atomic E-state index is 4.26. The number of aromatic nitrogens is 2. The summed E-state index contributed by atoms with van der Waals surface area (Å²) >= 11 is 0. The minimum Gasteiger partial charge on any atom is -0.334 e. The molecule has 0 atom stereocenters. The third-order valence-corrected chi connectivity index (χ3v) is 2.48. The summed E-state index contributed by atoms with van der Waals surface area (Å²) in [6.07, 6.45) is 1.86. The van der Waals surface area contributed by atoms with Gasteiger partial charge in [0.1, 0.15) is 5.69 Å². The molecule has 1 aromatic carbocycles. The second-order valence-corrected chi connectivity index (χ2v) is 3.68. The number of hydrogen-bond donors (Lipinski definition) is 1. The summed E-state index contributed by atoms with van der Waals surface area (Å²) in [7, 11) is 0. The van der Waals surface area contributed by atoms with Crippen molar-refractivity contribution >= 4 is 11.5 Å². The molecule has 0 saturated heterocycles. The quantitative estimate of drug-likeness (QED) is 0.622. The highest BCUT2D eigenvalue weighted by Crippen LogP contribution is 2.37. The number of benzene rings is 1. The monoisotopic (exact) mass is 185 g/mol. The molecule has 0 bridgehead atoms. The highest BCUT2D eigenvalue weighted by molar-refractivity contribution is 5.86. The summed E-state index contributed by atoms with van der Waals surface area (Å²) in [6, 6.07) is 8.55. The van der Waals surface area contributed by atoms with Gasteiger partial charge in [-0.05, 0) is 12.5 Å². The van der Waals surface area contributed by atoms with Crippen LogP contribution in [0.4, 0.5) is 11.5 Å². The minimum absolute atomic E-state index is 0.850. The van der Waals surface area contributed by atoms with E-state index in [-0.39, 0.29) is 0 Å². The van der Waals surface area contributed by atoms with Crippen molar-refractivity contribution in [2.75, 3.05) is 5.32 Å². The number of anilines is 2. The van der Waals surface area contributed by atoms with E-state index in [4.69, 9.17) is 0 Å². The van der Waals surface area contributed by atoms with Crippen LogP contribution in [0.15, 0.2) is 30.5 Å². The Bertz CT molecular complexity index is 468. The van der Waals surface area contributed by atoms with Crippen molar-refractivity contribution < 1.29 is 0 Å². The molecule has 0 unspecified atom stereocenters. The number of rotatable bonds is 2. The van der Waals surface area contributed by atoms with Gasteiger partial charge in [-0.3, -0.25) is 0 Å². The highest BCUT2D eigenvalue weighted by atomic mass is 15.4. The Labute approximate surface area is 82.4 Å². The Morgan fingerprint density at radius 3 is 2.64 bits per heavy atom. The first-order chi connectivity index (χ1) is 6.83. The molecule has 14 heavy (non-hydrogen) atoms. The third kappa shape index (κ3) is 1.18. The second kappa shape index (κ2) is 2.61. The fourth-order valence-electron chi connectivity index (χ4n) is 1.56. The fourth-order valence-corrected chi connectivity index (χ4v) is 1.56. The Morgan fingerprint density at radius 1 is 1.29 bits per heavy atom. The molecule has 0 spiro atoms. The summed E-state index contributed by atoms with van der Waals surface area (Å²) in [5.41, 5.74) is 3.75. The predicted octanol–water partition coefficient (Wildman–Crippen LogP) is 2.30. The molecule has 3 heteroatoms. The predicted molar refractivity (Wildman–Crippen MR) is 55.8 cm³/mol. The van der Waals surface area contributed by atoms with Crippen molar-refractivity contribution in [2.45, 2.75) is 13.5 Å². The van der Waals surface area contributed by atoms with Crippen LogP contribution in [0.25, 0.3) is 0 Å². The number of aryl methyl sites for hydroxylation is 1. The van der Waals surface area contributed by atoms with Crippen LogP contribution >= 0.6 is 0 Å². The number of nitrogens with zero attached hydrogens (tertiary/aromatic N) is 2. The molecular formula is C11H11N3. The van der Waals surface area contributed by atoms with Crippen LogP contribution in [0.3, 0.4) is 0 Å². The van der Waals surface area contributed by atoms with Crippen LogP contribution in [-0.2, 0) is 6.54 Å². The van der Waals surface area contributed by atoms with E-state index in [2.05, 4.69) is 41.6 Å². The van der Waals surface area contributed by atoms with Gasteiger partial charge in [0.15, 0.2) is 5.82 Å². The van der Waals surface area contributed by atoms with E-state index in [0.29, 0.717) is 0 Å². The molecule has 3 rings (SSSR count). The molecule has 2 aromatic rings. The first kappa shape index (κ1) is 7.62. The number of nitrogens with one attached hydrogen (secondary N) is 1. The SMILES string of the molecule is Cc1ccc(Cn2ncc3c2N3)cc1. The van der Waals surface area contributed by atoms with Gasteiger partial charge in [-0.1, -0.05) is 29.8 Å². The lowest BCUT2D eigenvalue weighted by molar-refractivity contribution is 0.698. The summed E-state index contributed by atoms with van der Waals surface area (Å²) in [5.74, 6) is 1.16. The van der Waals surface area contributed by atoms with Crippen LogP contribution in [0.2, 0.25) is 0 Å². The van der Waals surface area contributed by atoms with Crippen molar-refractivity contribution in [3.63, 3.8) is 0 Å². The van der Waals surface area contributed by atoms with Crippen LogP contribution in [0, 0.1) is 6.92 Å². The van der Waals surface area contributed by atoms with Crippen LogP contribution < -0.4 is 5.32 Å². The average Bonchev–Trinajstić information content (AvgIpc) is 2.88. The summed E-state index contributed by atoms with van der Waals surface area (Å²) in [5, 5.41) is 7.42.